The number of nitriles is 1. The normalized spacial score (nSPS) is 17.1. The molecule has 0 bridgehead atoms. The van der Waals surface area contributed by atoms with E-state index in [2.05, 4.69) is 11.4 Å². The second-order valence-electron chi connectivity index (χ2n) is 6.29. The van der Waals surface area contributed by atoms with E-state index >= 15 is 0 Å². The van der Waals surface area contributed by atoms with Crippen LogP contribution in [-0.4, -0.2) is 18.0 Å². The molecule has 0 spiro atoms. The van der Waals surface area contributed by atoms with Gasteiger partial charge in [0.1, 0.15) is 5.54 Å². The minimum absolute atomic E-state index is 0.0754. The van der Waals surface area contributed by atoms with Crippen molar-refractivity contribution in [2.24, 2.45) is 0 Å². The molecule has 1 atom stereocenters. The van der Waals surface area contributed by atoms with Gasteiger partial charge in [0.15, 0.2) is 18.3 Å². The summed E-state index contributed by atoms with van der Waals surface area (Å²) in [5.74, 6) is 0.704. The van der Waals surface area contributed by atoms with Crippen LogP contribution in [0.15, 0.2) is 53.1 Å². The van der Waals surface area contributed by atoms with Crippen LogP contribution < -0.4 is 10.6 Å². The van der Waals surface area contributed by atoms with Gasteiger partial charge >= 0.3 is 0 Å². The fraction of sp³-hybridized carbons (Fsp3) is 0.368. The zero-order valence-electron chi connectivity index (χ0n) is 13.6. The molecule has 1 fully saturated rings. The number of benzene rings is 1. The van der Waals surface area contributed by atoms with Gasteiger partial charge in [-0.25, -0.2) is 0 Å². The van der Waals surface area contributed by atoms with Crippen LogP contribution in [0.3, 0.4) is 0 Å². The number of carbonyl (C=O) groups is 1. The lowest BCUT2D eigenvalue weighted by atomic mass is 10.00. The summed E-state index contributed by atoms with van der Waals surface area (Å²) in [6, 6.07) is 15.9. The molecule has 3 rings (SSSR count). The smallest absolute Gasteiger partial charge is 0.276 e. The number of rotatable bonds is 6. The first-order valence-electron chi connectivity index (χ1n) is 8.36. The first-order valence-corrected chi connectivity index (χ1v) is 8.36. The number of amides is 1. The van der Waals surface area contributed by atoms with Gasteiger partial charge in [-0.05, 0) is 37.8 Å². The third-order valence-electron chi connectivity index (χ3n) is 4.60. The van der Waals surface area contributed by atoms with Gasteiger partial charge in [-0.2, -0.15) is 5.26 Å². The molecular weight excluding hydrogens is 302 g/mol. The molecule has 1 heterocycles. The van der Waals surface area contributed by atoms with Crippen LogP contribution in [0, 0.1) is 11.3 Å². The van der Waals surface area contributed by atoms with Crippen LogP contribution in [-0.2, 0) is 4.79 Å². The van der Waals surface area contributed by atoms with Crippen LogP contribution in [0.4, 0.5) is 0 Å². The second-order valence-corrected chi connectivity index (χ2v) is 6.29. The second kappa shape index (κ2) is 7.33. The van der Waals surface area contributed by atoms with E-state index in [0.29, 0.717) is 0 Å². The molecule has 1 aliphatic rings. The van der Waals surface area contributed by atoms with E-state index in [9.17, 15) is 10.1 Å². The summed E-state index contributed by atoms with van der Waals surface area (Å²) in [6.45, 7) is 0.254. The van der Waals surface area contributed by atoms with Gasteiger partial charge in [0.25, 0.3) is 5.91 Å². The van der Waals surface area contributed by atoms with E-state index in [1.165, 1.54) is 0 Å². The molecule has 0 unspecified atom stereocenters. The van der Waals surface area contributed by atoms with Crippen molar-refractivity contribution in [1.29, 1.82) is 5.26 Å². The number of quaternary nitrogens is 1. The first kappa shape index (κ1) is 16.3. The largest absolute Gasteiger partial charge is 0.463 e. The molecule has 124 valence electrons. The zero-order chi connectivity index (χ0) is 16.8. The molecule has 3 N–H and O–H groups in total. The molecule has 1 amide bonds. The third-order valence-corrected chi connectivity index (χ3v) is 4.60. The van der Waals surface area contributed by atoms with Gasteiger partial charge in [0, 0.05) is 5.56 Å². The van der Waals surface area contributed by atoms with E-state index in [1.807, 2.05) is 47.8 Å². The predicted octanol–water partition coefficient (Wildman–Crippen LogP) is 1.88. The molecule has 1 aromatic heterocycles. The number of nitrogens with one attached hydrogen (secondary N) is 1. The molecule has 24 heavy (non-hydrogen) atoms. The van der Waals surface area contributed by atoms with Crippen LogP contribution in [0.5, 0.6) is 0 Å². The summed E-state index contributed by atoms with van der Waals surface area (Å²) < 4.78 is 5.54. The Hall–Kier alpha value is -2.58. The summed E-state index contributed by atoms with van der Waals surface area (Å²) in [5.41, 5.74) is 0.411. The van der Waals surface area contributed by atoms with E-state index in [4.69, 9.17) is 4.42 Å². The van der Waals surface area contributed by atoms with Crippen molar-refractivity contribution in [2.45, 2.75) is 37.3 Å². The van der Waals surface area contributed by atoms with Crippen molar-refractivity contribution in [3.8, 4) is 6.07 Å². The molecule has 1 saturated carbocycles. The molecule has 0 aliphatic heterocycles. The Morgan fingerprint density at radius 2 is 2.00 bits per heavy atom. The molecule has 0 saturated heterocycles. The van der Waals surface area contributed by atoms with E-state index in [1.54, 1.807) is 6.26 Å². The zero-order valence-corrected chi connectivity index (χ0v) is 13.6. The topological polar surface area (TPSA) is 82.6 Å². The third kappa shape index (κ3) is 3.66. The Labute approximate surface area is 141 Å². The van der Waals surface area contributed by atoms with Crippen molar-refractivity contribution in [1.82, 2.24) is 5.32 Å². The maximum atomic E-state index is 12.3. The summed E-state index contributed by atoms with van der Waals surface area (Å²) in [5, 5.41) is 14.3. The average molecular weight is 324 g/mol. The first-order chi connectivity index (χ1) is 11.7. The maximum absolute atomic E-state index is 12.3. The highest BCUT2D eigenvalue weighted by atomic mass is 16.3. The number of furan rings is 1. The predicted molar refractivity (Wildman–Crippen MR) is 88.7 cm³/mol. The monoisotopic (exact) mass is 324 g/mol. The fourth-order valence-electron chi connectivity index (χ4n) is 3.33. The number of nitrogens with zero attached hydrogens (tertiary/aromatic N) is 1. The molecule has 1 aliphatic carbocycles. The van der Waals surface area contributed by atoms with Crippen molar-refractivity contribution in [2.75, 3.05) is 6.54 Å². The molecule has 0 radical (unpaired) electrons. The Morgan fingerprint density at radius 1 is 1.25 bits per heavy atom. The van der Waals surface area contributed by atoms with Crippen molar-refractivity contribution < 1.29 is 14.5 Å². The van der Waals surface area contributed by atoms with E-state index in [-0.39, 0.29) is 18.5 Å². The lowest BCUT2D eigenvalue weighted by molar-refractivity contribution is -0.678. The Morgan fingerprint density at radius 3 is 2.62 bits per heavy atom. The molecule has 5 nitrogen and oxygen atoms in total. The minimum atomic E-state index is -0.669. The highest BCUT2D eigenvalue weighted by Gasteiger charge is 2.36. The Balaban J connectivity index is 1.66. The summed E-state index contributed by atoms with van der Waals surface area (Å²) in [7, 11) is 0. The summed E-state index contributed by atoms with van der Waals surface area (Å²) >= 11 is 0. The minimum Gasteiger partial charge on any atom is -0.463 e. The molecule has 2 aromatic rings. The fourth-order valence-corrected chi connectivity index (χ4v) is 3.33. The number of nitrogens with two attached hydrogens (primary N) is 1. The molecule has 1 aromatic carbocycles. The van der Waals surface area contributed by atoms with Gasteiger partial charge in [0.2, 0.25) is 0 Å². The lowest BCUT2D eigenvalue weighted by Crippen LogP contribution is -2.88. The molecule has 5 heteroatoms. The van der Waals surface area contributed by atoms with Crippen LogP contribution in [0.1, 0.15) is 43.0 Å². The highest BCUT2D eigenvalue weighted by Crippen LogP contribution is 2.28. The number of hydrogen-bond donors (Lipinski definition) is 2. The van der Waals surface area contributed by atoms with Crippen LogP contribution in [0.25, 0.3) is 0 Å². The summed E-state index contributed by atoms with van der Waals surface area (Å²) in [6.07, 6.45) is 5.13. The Bertz CT molecular complexity index is 698. The Kier molecular flexibility index (Phi) is 4.97. The van der Waals surface area contributed by atoms with E-state index < -0.39 is 5.54 Å². The maximum Gasteiger partial charge on any atom is 0.276 e. The van der Waals surface area contributed by atoms with Crippen LogP contribution in [0.2, 0.25) is 0 Å². The summed E-state index contributed by atoms with van der Waals surface area (Å²) in [4.78, 5) is 12.3. The quantitative estimate of drug-likeness (QED) is 0.851. The number of hydrogen-bond acceptors (Lipinski definition) is 3. The van der Waals surface area contributed by atoms with Crippen molar-refractivity contribution >= 4 is 5.91 Å². The van der Waals surface area contributed by atoms with Gasteiger partial charge in [0.05, 0.1) is 12.3 Å². The molecular formula is C19H22N3O2+. The average Bonchev–Trinajstić information content (AvgIpc) is 3.29. The number of carbonyl (C=O) groups excluding carboxylic acids is 1. The van der Waals surface area contributed by atoms with Crippen molar-refractivity contribution in [3.63, 3.8) is 0 Å². The van der Waals surface area contributed by atoms with E-state index in [0.717, 1.165) is 37.0 Å². The van der Waals surface area contributed by atoms with Gasteiger partial charge in [-0.1, -0.05) is 30.3 Å². The highest BCUT2D eigenvalue weighted by molar-refractivity contribution is 5.78. The standard InChI is InChI=1S/C19H21N3O2/c20-14-19(10-4-5-11-19)22-17(23)13-21-18(16-9-6-12-24-16)15-7-2-1-3-8-15/h1-3,6-9,12,18,21H,4-5,10-11,13H2,(H,22,23)/p+1/t18-/m0/s1. The lowest BCUT2D eigenvalue weighted by Gasteiger charge is -2.22. The van der Waals surface area contributed by atoms with Crippen molar-refractivity contribution in [3.05, 3.63) is 60.1 Å². The van der Waals surface area contributed by atoms with Crippen LogP contribution >= 0.6 is 0 Å². The van der Waals surface area contributed by atoms with Gasteiger partial charge < -0.3 is 15.1 Å². The van der Waals surface area contributed by atoms with Gasteiger partial charge in [-0.15, -0.1) is 0 Å². The van der Waals surface area contributed by atoms with Gasteiger partial charge in [-0.3, -0.25) is 4.79 Å². The SMILES string of the molecule is N#CC1(NC(=O)C[NH2+][C@@H](c2ccccc2)c2ccco2)CCCC1.